The van der Waals surface area contributed by atoms with Crippen LogP contribution in [0, 0.1) is 5.92 Å². The molecule has 1 aromatic rings. The number of piperidine rings is 2. The molecule has 0 saturated carbocycles. The van der Waals surface area contributed by atoms with Gasteiger partial charge in [0.1, 0.15) is 0 Å². The molecule has 0 aromatic heterocycles. The molecule has 0 bridgehead atoms. The molecule has 1 N–H and O–H groups in total. The second kappa shape index (κ2) is 6.78. The van der Waals surface area contributed by atoms with Gasteiger partial charge in [-0.2, -0.15) is 0 Å². The summed E-state index contributed by atoms with van der Waals surface area (Å²) in [6.45, 7) is 5.07. The van der Waals surface area contributed by atoms with Crippen LogP contribution in [0.25, 0.3) is 0 Å². The topological polar surface area (TPSA) is 15.3 Å². The first-order valence-corrected chi connectivity index (χ1v) is 8.54. The number of fused-ring (bicyclic) bond motifs is 1. The van der Waals surface area contributed by atoms with Gasteiger partial charge in [0, 0.05) is 29.8 Å². The minimum Gasteiger partial charge on any atom is -0.314 e. The first-order valence-electron chi connectivity index (χ1n) is 7.55. The van der Waals surface area contributed by atoms with Crippen molar-refractivity contribution < 1.29 is 0 Å². The number of benzene rings is 1. The molecule has 2 nitrogen and oxygen atoms in total. The molecule has 3 heteroatoms. The molecule has 2 saturated heterocycles. The van der Waals surface area contributed by atoms with Crippen LogP contribution < -0.4 is 5.32 Å². The van der Waals surface area contributed by atoms with E-state index in [0.29, 0.717) is 0 Å². The average Bonchev–Trinajstić information content (AvgIpc) is 2.48. The number of hydrogen-bond acceptors (Lipinski definition) is 3. The highest BCUT2D eigenvalue weighted by Crippen LogP contribution is 2.25. The number of hydrogen-bond donors (Lipinski definition) is 1. The molecule has 2 fully saturated rings. The van der Waals surface area contributed by atoms with Crippen molar-refractivity contribution in [1.82, 2.24) is 10.2 Å². The highest BCUT2D eigenvalue weighted by atomic mass is 32.2. The van der Waals surface area contributed by atoms with Gasteiger partial charge in [0.05, 0.1) is 0 Å². The number of thioether (sulfide) groups is 1. The van der Waals surface area contributed by atoms with Gasteiger partial charge in [0.25, 0.3) is 0 Å². The van der Waals surface area contributed by atoms with Crippen LogP contribution in [0.3, 0.4) is 0 Å². The lowest BCUT2D eigenvalue weighted by atomic mass is 9.85. The molecular formula is C16H24N2S. The molecule has 19 heavy (non-hydrogen) atoms. The third-order valence-electron chi connectivity index (χ3n) is 4.40. The summed E-state index contributed by atoms with van der Waals surface area (Å²) in [5, 5.41) is 3.69. The van der Waals surface area contributed by atoms with Crippen molar-refractivity contribution in [2.24, 2.45) is 5.92 Å². The van der Waals surface area contributed by atoms with Gasteiger partial charge in [-0.1, -0.05) is 18.2 Å². The summed E-state index contributed by atoms with van der Waals surface area (Å²) in [6.07, 6.45) is 4.15. The van der Waals surface area contributed by atoms with Gasteiger partial charge in [-0.3, -0.25) is 0 Å². The largest absolute Gasteiger partial charge is 0.314 e. The zero-order valence-corrected chi connectivity index (χ0v) is 12.4. The zero-order valence-electron chi connectivity index (χ0n) is 11.6. The van der Waals surface area contributed by atoms with Crippen LogP contribution in [0.2, 0.25) is 0 Å². The van der Waals surface area contributed by atoms with Crippen molar-refractivity contribution in [3.8, 4) is 0 Å². The van der Waals surface area contributed by atoms with Crippen molar-refractivity contribution in [3.63, 3.8) is 0 Å². The number of rotatable bonds is 4. The normalized spacial score (nSPS) is 28.0. The fourth-order valence-corrected chi connectivity index (χ4v) is 4.27. The Morgan fingerprint density at radius 1 is 1.21 bits per heavy atom. The van der Waals surface area contributed by atoms with E-state index in [1.54, 1.807) is 0 Å². The molecule has 2 aliphatic rings. The molecular weight excluding hydrogens is 252 g/mol. The Hall–Kier alpha value is -0.510. The maximum absolute atomic E-state index is 3.69. The molecule has 0 aliphatic carbocycles. The first kappa shape index (κ1) is 13.5. The van der Waals surface area contributed by atoms with Crippen molar-refractivity contribution in [3.05, 3.63) is 30.3 Å². The van der Waals surface area contributed by atoms with Crippen molar-refractivity contribution in [2.45, 2.75) is 30.2 Å². The predicted octanol–water partition coefficient (Wildman–Crippen LogP) is 2.85. The number of likely N-dealkylation sites (tertiary alicyclic amines) is 1. The highest BCUT2D eigenvalue weighted by molar-refractivity contribution is 7.99. The van der Waals surface area contributed by atoms with Crippen LogP contribution in [0.5, 0.6) is 0 Å². The number of nitrogens with zero attached hydrogens (tertiary/aromatic N) is 1. The molecule has 0 spiro atoms. The van der Waals surface area contributed by atoms with Crippen molar-refractivity contribution in [2.75, 3.05) is 31.9 Å². The third kappa shape index (κ3) is 3.74. The van der Waals surface area contributed by atoms with E-state index in [9.17, 15) is 0 Å². The van der Waals surface area contributed by atoms with Gasteiger partial charge >= 0.3 is 0 Å². The lowest BCUT2D eigenvalue weighted by Crippen LogP contribution is -2.52. The van der Waals surface area contributed by atoms with Crippen LogP contribution in [-0.4, -0.2) is 42.9 Å². The Labute approximate surface area is 121 Å². The summed E-state index contributed by atoms with van der Waals surface area (Å²) in [6, 6.07) is 11.6. The maximum Gasteiger partial charge on any atom is 0.0120 e. The zero-order chi connectivity index (χ0) is 12.9. The van der Waals surface area contributed by atoms with Crippen molar-refractivity contribution in [1.29, 1.82) is 0 Å². The quantitative estimate of drug-likeness (QED) is 0.851. The van der Waals surface area contributed by atoms with E-state index in [1.165, 1.54) is 56.1 Å². The average molecular weight is 276 g/mol. The fourth-order valence-electron chi connectivity index (χ4n) is 3.33. The number of nitrogens with one attached hydrogen (secondary N) is 1. The van der Waals surface area contributed by atoms with E-state index >= 15 is 0 Å². The van der Waals surface area contributed by atoms with E-state index in [-0.39, 0.29) is 0 Å². The predicted molar refractivity (Wildman–Crippen MR) is 82.7 cm³/mol. The second-order valence-electron chi connectivity index (χ2n) is 5.71. The molecule has 2 atom stereocenters. The van der Waals surface area contributed by atoms with Gasteiger partial charge in [0.15, 0.2) is 0 Å². The first-order chi connectivity index (χ1) is 9.42. The SMILES string of the molecule is c1ccc(SCCN2CCC3NCCCC3C2)cc1. The van der Waals surface area contributed by atoms with Gasteiger partial charge in [-0.25, -0.2) is 0 Å². The molecule has 1 aromatic carbocycles. The summed E-state index contributed by atoms with van der Waals surface area (Å²) < 4.78 is 0. The van der Waals surface area contributed by atoms with E-state index in [2.05, 4.69) is 40.5 Å². The highest BCUT2D eigenvalue weighted by Gasteiger charge is 2.30. The molecule has 2 aliphatic heterocycles. The maximum atomic E-state index is 3.69. The fraction of sp³-hybridized carbons (Fsp3) is 0.625. The molecule has 2 unspecified atom stereocenters. The molecule has 0 amide bonds. The van der Waals surface area contributed by atoms with E-state index in [1.807, 2.05) is 11.8 Å². The summed E-state index contributed by atoms with van der Waals surface area (Å²) in [7, 11) is 0. The molecule has 104 valence electrons. The minimum absolute atomic E-state index is 0.812. The summed E-state index contributed by atoms with van der Waals surface area (Å²) in [4.78, 5) is 4.07. The van der Waals surface area contributed by atoms with Gasteiger partial charge < -0.3 is 10.2 Å². The minimum atomic E-state index is 0.812. The van der Waals surface area contributed by atoms with Gasteiger partial charge in [-0.15, -0.1) is 11.8 Å². The molecule has 0 radical (unpaired) electrons. The summed E-state index contributed by atoms with van der Waals surface area (Å²) in [5.74, 6) is 2.12. The van der Waals surface area contributed by atoms with Crippen LogP contribution in [0.15, 0.2) is 35.2 Å². The summed E-state index contributed by atoms with van der Waals surface area (Å²) >= 11 is 1.99. The Balaban J connectivity index is 1.41. The van der Waals surface area contributed by atoms with Crippen LogP contribution in [0.1, 0.15) is 19.3 Å². The smallest absolute Gasteiger partial charge is 0.0120 e. The van der Waals surface area contributed by atoms with E-state index in [4.69, 9.17) is 0 Å². The Bertz CT molecular complexity index is 382. The summed E-state index contributed by atoms with van der Waals surface area (Å²) in [5.41, 5.74) is 0. The Morgan fingerprint density at radius 2 is 2.11 bits per heavy atom. The molecule has 3 rings (SSSR count). The Morgan fingerprint density at radius 3 is 3.00 bits per heavy atom. The monoisotopic (exact) mass is 276 g/mol. The lowest BCUT2D eigenvalue weighted by molar-refractivity contribution is 0.120. The standard InChI is InChI=1S/C16H24N2S/c1-2-6-15(7-3-1)19-12-11-18-10-8-16-14(13-18)5-4-9-17-16/h1-3,6-7,14,16-17H,4-5,8-13H2. The van der Waals surface area contributed by atoms with Gasteiger partial charge in [-0.05, 0) is 50.4 Å². The van der Waals surface area contributed by atoms with Crippen LogP contribution >= 0.6 is 11.8 Å². The Kier molecular flexibility index (Phi) is 4.81. The van der Waals surface area contributed by atoms with Crippen LogP contribution in [0.4, 0.5) is 0 Å². The lowest BCUT2D eigenvalue weighted by Gasteiger charge is -2.41. The molecule has 2 heterocycles. The van der Waals surface area contributed by atoms with Gasteiger partial charge in [0.2, 0.25) is 0 Å². The van der Waals surface area contributed by atoms with E-state index in [0.717, 1.165) is 12.0 Å². The second-order valence-corrected chi connectivity index (χ2v) is 6.88. The van der Waals surface area contributed by atoms with E-state index < -0.39 is 0 Å². The third-order valence-corrected chi connectivity index (χ3v) is 5.39. The van der Waals surface area contributed by atoms with Crippen LogP contribution in [-0.2, 0) is 0 Å². The van der Waals surface area contributed by atoms with Crippen molar-refractivity contribution >= 4 is 11.8 Å².